The van der Waals surface area contributed by atoms with Crippen LogP contribution in [-0.4, -0.2) is 188 Å². The Morgan fingerprint density at radius 2 is 1.36 bits per heavy atom. The number of hydrogen-bond acceptors (Lipinski definition) is 15. The fraction of sp³-hybridized carbons (Fsp3) is 0.533. The zero-order valence-electron chi connectivity index (χ0n) is 51.1. The normalized spacial score (nSPS) is 17.2. The number of phenolic OH excluding ortho intramolecular Hbond substituents is 1. The van der Waals surface area contributed by atoms with Crippen LogP contribution < -0.4 is 59.3 Å². The van der Waals surface area contributed by atoms with E-state index in [2.05, 4.69) is 67.8 Å². The molecule has 17 N–H and O–H groups in total. The number of hydrogen-bond donors (Lipinski definition) is 15. The number of guanidine groups is 1. The van der Waals surface area contributed by atoms with E-state index in [4.69, 9.17) is 16.2 Å². The molecule has 0 saturated carbocycles. The molecule has 6 rings (SSSR count). The van der Waals surface area contributed by atoms with Crippen molar-refractivity contribution in [3.63, 3.8) is 0 Å². The standard InChI is InChI=1S/C60H86N16O13/c1-7-64-57(87)48-15-11-23-76(48)58(88)41(14-10-22-65-59(61)62)69-51(81)42(24-33(2)3)70-56(86)47(31-89-60(4,5)6)75-52(82)43(25-34-16-18-37(78)19-17-34)71-55(85)46(30-77)74-53(83)44(26-35-28-66-39-13-9-8-12-38(35)39)72-54(84)45(27-36-29-63-32-67-36)73-50(80)40-20-21-49(79)68-40/h8-9,12-13,16-19,28-29,32-33,40-48,66,77-78H,7,10-11,14-15,20-27,30-31H2,1-6H3,(H,63,67)(H,64,87)(H,68,79)(H,69,81)(H,70,86)(H,71,85)(H,72,84)(H,73,80)(H,74,83)(H,75,82)(H4,61,62,65)/t40?,41-,42-,43-,44-,45-,46-,47+,48-/m0/s1. The van der Waals surface area contributed by atoms with Gasteiger partial charge >= 0.3 is 0 Å². The van der Waals surface area contributed by atoms with E-state index in [9.17, 15) is 58.2 Å². The Hall–Kier alpha value is -9.12. The SMILES string of the molecule is CCNC(=O)[C@@H]1CCCN1C(=O)[C@H](CCCN=C(N)N)NC(=O)[C@H](CC(C)C)NC(=O)[C@@H](COC(C)(C)C)NC(=O)[C@H](Cc1ccc(O)cc1)NC(=O)[C@H](CO)NC(=O)[C@H](Cc1c[nH]c2ccccc12)NC(=O)[C@H](Cc1cnc[nH]1)NC(=O)C1CCC(=O)N1. The third-order valence-electron chi connectivity index (χ3n) is 14.9. The summed E-state index contributed by atoms with van der Waals surface area (Å²) in [6.45, 7) is 9.78. The van der Waals surface area contributed by atoms with E-state index in [0.29, 0.717) is 47.1 Å². The molecule has 0 radical (unpaired) electrons. The van der Waals surface area contributed by atoms with Crippen molar-refractivity contribution in [2.75, 3.05) is 32.8 Å². The van der Waals surface area contributed by atoms with Crippen LogP contribution in [0, 0.1) is 5.92 Å². The fourth-order valence-electron chi connectivity index (χ4n) is 10.3. The first-order valence-corrected chi connectivity index (χ1v) is 29.9. The molecular weight excluding hydrogens is 1150 g/mol. The summed E-state index contributed by atoms with van der Waals surface area (Å²) in [6.07, 6.45) is 5.56. The highest BCUT2D eigenvalue weighted by molar-refractivity contribution is 5.99. The lowest BCUT2D eigenvalue weighted by atomic mass is 10.0. The zero-order valence-corrected chi connectivity index (χ0v) is 51.1. The maximum Gasteiger partial charge on any atom is 0.245 e. The van der Waals surface area contributed by atoms with Gasteiger partial charge in [-0.05, 0) is 101 Å². The number of ether oxygens (including phenoxy) is 1. The van der Waals surface area contributed by atoms with Crippen molar-refractivity contribution in [1.29, 1.82) is 0 Å². The number of aromatic nitrogens is 3. The number of aromatic amines is 2. The number of phenols is 1. The zero-order chi connectivity index (χ0) is 65.0. The smallest absolute Gasteiger partial charge is 0.245 e. The van der Waals surface area contributed by atoms with Gasteiger partial charge < -0.3 is 89.1 Å². The molecule has 4 aromatic rings. The third kappa shape index (κ3) is 21.0. The van der Waals surface area contributed by atoms with Crippen LogP contribution in [0.5, 0.6) is 5.75 Å². The van der Waals surface area contributed by atoms with Gasteiger partial charge in [-0.2, -0.15) is 0 Å². The number of aliphatic hydroxyl groups is 1. The van der Waals surface area contributed by atoms with Crippen molar-refractivity contribution in [3.05, 3.63) is 84.1 Å². The molecule has 4 heterocycles. The number of benzene rings is 2. The number of para-hydroxylation sites is 1. The first-order valence-electron chi connectivity index (χ1n) is 29.9. The number of aromatic hydroxyl groups is 1. The van der Waals surface area contributed by atoms with Gasteiger partial charge in [-0.3, -0.25) is 52.9 Å². The van der Waals surface area contributed by atoms with E-state index in [1.807, 2.05) is 13.8 Å². The Balaban J connectivity index is 1.24. The Bertz CT molecular complexity index is 3120. The van der Waals surface area contributed by atoms with Crippen LogP contribution in [-0.2, 0) is 71.9 Å². The van der Waals surface area contributed by atoms with E-state index >= 15 is 0 Å². The molecule has 2 aromatic carbocycles. The summed E-state index contributed by atoms with van der Waals surface area (Å²) in [5.41, 5.74) is 12.4. The van der Waals surface area contributed by atoms with E-state index in [1.165, 1.54) is 41.7 Å². The first-order chi connectivity index (χ1) is 42.3. The topological polar surface area (TPSA) is 441 Å². The lowest BCUT2D eigenvalue weighted by molar-refractivity contribution is -0.142. The van der Waals surface area contributed by atoms with Crippen LogP contribution >= 0.6 is 0 Å². The van der Waals surface area contributed by atoms with Gasteiger partial charge in [0.2, 0.25) is 59.1 Å². The molecule has 2 saturated heterocycles. The highest BCUT2D eigenvalue weighted by Crippen LogP contribution is 2.22. The lowest BCUT2D eigenvalue weighted by Crippen LogP contribution is -2.62. The Kier molecular flexibility index (Phi) is 25.4. The first kappa shape index (κ1) is 69.0. The molecule has 29 nitrogen and oxygen atoms in total. The molecule has 0 bridgehead atoms. The number of likely N-dealkylation sites (tertiary alicyclic amines) is 1. The quantitative estimate of drug-likeness (QED) is 0.0148. The van der Waals surface area contributed by atoms with Crippen molar-refractivity contribution in [3.8, 4) is 5.75 Å². The van der Waals surface area contributed by atoms with Crippen molar-refractivity contribution >= 4 is 75.9 Å². The second kappa shape index (κ2) is 32.7. The predicted molar refractivity (Wildman–Crippen MR) is 326 cm³/mol. The minimum atomic E-state index is -1.78. The number of nitrogens with zero attached hydrogens (tertiary/aromatic N) is 3. The van der Waals surface area contributed by atoms with Crippen molar-refractivity contribution in [1.82, 2.24) is 67.7 Å². The van der Waals surface area contributed by atoms with Crippen molar-refractivity contribution < 1.29 is 62.9 Å². The maximum absolute atomic E-state index is 14.8. The number of likely N-dealkylation sites (N-methyl/N-ethyl adjacent to an activating group) is 1. The Morgan fingerprint density at radius 1 is 0.753 bits per heavy atom. The molecule has 484 valence electrons. The second-order valence-corrected chi connectivity index (χ2v) is 23.6. The van der Waals surface area contributed by atoms with Gasteiger partial charge in [-0.15, -0.1) is 0 Å². The number of carbonyl (C=O) groups is 10. The van der Waals surface area contributed by atoms with Crippen molar-refractivity contribution in [2.24, 2.45) is 22.4 Å². The van der Waals surface area contributed by atoms with E-state index in [-0.39, 0.29) is 93.9 Å². The van der Waals surface area contributed by atoms with Gasteiger partial charge in [0.05, 0.1) is 25.1 Å². The molecule has 2 aliphatic rings. The van der Waals surface area contributed by atoms with Gasteiger partial charge in [-0.1, -0.05) is 44.2 Å². The Morgan fingerprint density at radius 3 is 1.98 bits per heavy atom. The van der Waals surface area contributed by atoms with Crippen LogP contribution in [0.2, 0.25) is 0 Å². The molecule has 9 atom stereocenters. The number of rotatable bonds is 32. The molecule has 2 aliphatic heterocycles. The monoisotopic (exact) mass is 1240 g/mol. The summed E-state index contributed by atoms with van der Waals surface area (Å²) in [5, 5.41) is 45.7. The number of nitrogens with one attached hydrogen (secondary N) is 11. The number of aliphatic imine (C=N–C) groups is 1. The van der Waals surface area contributed by atoms with Crippen LogP contribution in [0.25, 0.3) is 10.9 Å². The molecule has 10 amide bonds. The van der Waals surface area contributed by atoms with Gasteiger partial charge in [0.25, 0.3) is 0 Å². The fourth-order valence-corrected chi connectivity index (χ4v) is 10.3. The molecule has 2 aromatic heterocycles. The number of H-pyrrole nitrogens is 2. The summed E-state index contributed by atoms with van der Waals surface area (Å²) < 4.78 is 6.04. The number of amides is 10. The average molecular weight is 1240 g/mol. The van der Waals surface area contributed by atoms with Crippen LogP contribution in [0.4, 0.5) is 0 Å². The minimum Gasteiger partial charge on any atom is -0.508 e. The van der Waals surface area contributed by atoms with Crippen LogP contribution in [0.1, 0.15) is 103 Å². The predicted octanol–water partition coefficient (Wildman–Crippen LogP) is -1.67. The van der Waals surface area contributed by atoms with E-state index in [0.717, 1.165) is 0 Å². The third-order valence-corrected chi connectivity index (χ3v) is 14.9. The summed E-state index contributed by atoms with van der Waals surface area (Å²) in [6, 6.07) is 1.02. The summed E-state index contributed by atoms with van der Waals surface area (Å²) in [7, 11) is 0. The maximum atomic E-state index is 14.8. The summed E-state index contributed by atoms with van der Waals surface area (Å²) in [5.74, 6) is -7.72. The molecule has 2 fully saturated rings. The summed E-state index contributed by atoms with van der Waals surface area (Å²) >= 11 is 0. The molecule has 0 spiro atoms. The minimum absolute atomic E-state index is 0.0578. The van der Waals surface area contributed by atoms with Gasteiger partial charge in [0.1, 0.15) is 60.1 Å². The number of fused-ring (bicyclic) bond motifs is 1. The second-order valence-electron chi connectivity index (χ2n) is 23.6. The summed E-state index contributed by atoms with van der Waals surface area (Å²) in [4.78, 5) is 156. The van der Waals surface area contributed by atoms with Gasteiger partial charge in [0, 0.05) is 74.3 Å². The lowest BCUT2D eigenvalue weighted by Gasteiger charge is -2.31. The van der Waals surface area contributed by atoms with Crippen LogP contribution in [0.3, 0.4) is 0 Å². The van der Waals surface area contributed by atoms with E-state index < -0.39 is 120 Å². The molecule has 89 heavy (non-hydrogen) atoms. The average Bonchev–Trinajstić information content (AvgIpc) is 2.55. The van der Waals surface area contributed by atoms with Gasteiger partial charge in [0.15, 0.2) is 5.96 Å². The molecule has 0 aliphatic carbocycles. The number of carbonyl (C=O) groups excluding carboxylic acids is 10. The van der Waals surface area contributed by atoms with Crippen LogP contribution in [0.15, 0.2) is 72.2 Å². The van der Waals surface area contributed by atoms with Gasteiger partial charge in [-0.25, -0.2) is 4.98 Å². The molecular formula is C60H86N16O13. The molecule has 1 unspecified atom stereocenters. The largest absolute Gasteiger partial charge is 0.508 e. The van der Waals surface area contributed by atoms with E-state index in [1.54, 1.807) is 58.2 Å². The number of aliphatic hydroxyl groups excluding tert-OH is 1. The van der Waals surface area contributed by atoms with Crippen molar-refractivity contribution in [2.45, 2.75) is 166 Å². The highest BCUT2D eigenvalue weighted by Gasteiger charge is 2.40. The number of nitrogens with two attached hydrogens (primary N) is 2. The highest BCUT2D eigenvalue weighted by atomic mass is 16.5. The Labute approximate surface area is 515 Å². The molecule has 29 heteroatoms. The number of imidazole rings is 1.